The maximum absolute atomic E-state index is 11.5. The van der Waals surface area contributed by atoms with E-state index in [2.05, 4.69) is 15.5 Å². The molecule has 0 aliphatic carbocycles. The van der Waals surface area contributed by atoms with E-state index < -0.39 is 5.97 Å². The molecule has 0 unspecified atom stereocenters. The van der Waals surface area contributed by atoms with Crippen LogP contribution in [0.3, 0.4) is 0 Å². The Morgan fingerprint density at radius 3 is 3.11 bits per heavy atom. The van der Waals surface area contributed by atoms with Crippen LogP contribution in [0.25, 0.3) is 0 Å². The molecular weight excluding hydrogens is 374 g/mol. The summed E-state index contributed by atoms with van der Waals surface area (Å²) in [7, 11) is 0. The molecule has 0 saturated heterocycles. The van der Waals surface area contributed by atoms with E-state index in [1.165, 1.54) is 29.7 Å². The van der Waals surface area contributed by atoms with Crippen LogP contribution < -0.4 is 10.2 Å². The molecule has 1 aromatic heterocycles. The zero-order chi connectivity index (χ0) is 19.2. The summed E-state index contributed by atoms with van der Waals surface area (Å²) in [5.41, 5.74) is 4.63. The Labute approximate surface area is 158 Å². The molecule has 1 aliphatic heterocycles. The molecule has 9 nitrogen and oxygen atoms in total. The first-order valence-corrected chi connectivity index (χ1v) is 8.94. The van der Waals surface area contributed by atoms with E-state index in [1.54, 1.807) is 12.3 Å². The van der Waals surface area contributed by atoms with Crippen LogP contribution in [0.2, 0.25) is 0 Å². The second-order valence-corrected chi connectivity index (χ2v) is 6.32. The molecule has 2 N–H and O–H groups in total. The van der Waals surface area contributed by atoms with Crippen LogP contribution in [0.5, 0.6) is 5.75 Å². The lowest BCUT2D eigenvalue weighted by molar-refractivity contribution is -0.142. The van der Waals surface area contributed by atoms with Crippen molar-refractivity contribution in [2.45, 2.75) is 20.0 Å². The van der Waals surface area contributed by atoms with Crippen LogP contribution in [0, 0.1) is 0 Å². The molecule has 3 rings (SSSR count). The largest absolute Gasteiger partial charge is 0.478 e. The highest BCUT2D eigenvalue weighted by atomic mass is 32.1. The number of carbonyl (C=O) groups excluding carboxylic acids is 1. The molecule has 0 saturated carbocycles. The molecule has 1 aromatic carbocycles. The van der Waals surface area contributed by atoms with Gasteiger partial charge in [0.1, 0.15) is 5.75 Å². The van der Waals surface area contributed by atoms with E-state index in [0.717, 1.165) is 0 Å². The van der Waals surface area contributed by atoms with Gasteiger partial charge in [0.15, 0.2) is 6.79 Å². The predicted octanol–water partition coefficient (Wildman–Crippen LogP) is 2.26. The number of esters is 1. The van der Waals surface area contributed by atoms with Gasteiger partial charge in [0.05, 0.1) is 37.1 Å². The third kappa shape index (κ3) is 4.80. The Morgan fingerprint density at radius 2 is 2.33 bits per heavy atom. The Morgan fingerprint density at radius 1 is 1.48 bits per heavy atom. The van der Waals surface area contributed by atoms with Crippen LogP contribution in [-0.4, -0.2) is 41.6 Å². The molecule has 0 radical (unpaired) electrons. The number of anilines is 1. The average Bonchev–Trinajstić information content (AvgIpc) is 3.08. The lowest BCUT2D eigenvalue weighted by Crippen LogP contribution is -2.14. The van der Waals surface area contributed by atoms with E-state index in [-0.39, 0.29) is 31.4 Å². The highest BCUT2D eigenvalue weighted by molar-refractivity contribution is 7.13. The highest BCUT2D eigenvalue weighted by Crippen LogP contribution is 2.29. The van der Waals surface area contributed by atoms with Crippen molar-refractivity contribution in [2.24, 2.45) is 5.10 Å². The first-order chi connectivity index (χ1) is 13.1. The van der Waals surface area contributed by atoms with Gasteiger partial charge in [-0.05, 0) is 19.1 Å². The number of rotatable bonds is 7. The van der Waals surface area contributed by atoms with Gasteiger partial charge in [-0.3, -0.25) is 10.2 Å². The zero-order valence-electron chi connectivity index (χ0n) is 14.4. The number of hydrogen-bond donors (Lipinski definition) is 2. The highest BCUT2D eigenvalue weighted by Gasteiger charge is 2.18. The number of thiazole rings is 1. The van der Waals surface area contributed by atoms with Gasteiger partial charge in [-0.15, -0.1) is 11.3 Å². The number of ether oxygens (including phenoxy) is 3. The second-order valence-electron chi connectivity index (χ2n) is 5.47. The number of benzene rings is 1. The topological polar surface area (TPSA) is 119 Å². The van der Waals surface area contributed by atoms with Crippen molar-refractivity contribution in [3.63, 3.8) is 0 Å². The van der Waals surface area contributed by atoms with Gasteiger partial charge >= 0.3 is 11.9 Å². The number of hydrogen-bond acceptors (Lipinski definition) is 9. The zero-order valence-corrected chi connectivity index (χ0v) is 15.2. The summed E-state index contributed by atoms with van der Waals surface area (Å²) in [6, 6.07) is 3.00. The van der Waals surface area contributed by atoms with Crippen LogP contribution in [-0.2, 0) is 27.3 Å². The minimum absolute atomic E-state index is 0.0946. The number of carbonyl (C=O) groups is 2. The predicted molar refractivity (Wildman–Crippen MR) is 97.4 cm³/mol. The van der Waals surface area contributed by atoms with Gasteiger partial charge in [-0.2, -0.15) is 5.10 Å². The quantitative estimate of drug-likeness (QED) is 0.419. The van der Waals surface area contributed by atoms with Crippen molar-refractivity contribution in [1.29, 1.82) is 0 Å². The van der Waals surface area contributed by atoms with Crippen LogP contribution >= 0.6 is 11.3 Å². The fraction of sp³-hybridized carbons (Fsp3) is 0.294. The van der Waals surface area contributed by atoms with Crippen molar-refractivity contribution in [1.82, 2.24) is 4.98 Å². The summed E-state index contributed by atoms with van der Waals surface area (Å²) in [5, 5.41) is 15.6. The molecule has 142 valence electrons. The number of fused-ring (bicyclic) bond motifs is 1. The Hall–Kier alpha value is -2.98. The van der Waals surface area contributed by atoms with Crippen molar-refractivity contribution in [3.05, 3.63) is 39.9 Å². The maximum atomic E-state index is 11.5. The van der Waals surface area contributed by atoms with Crippen molar-refractivity contribution in [3.8, 4) is 5.75 Å². The van der Waals surface area contributed by atoms with E-state index in [0.29, 0.717) is 34.3 Å². The summed E-state index contributed by atoms with van der Waals surface area (Å²) < 4.78 is 15.5. The van der Waals surface area contributed by atoms with Gasteiger partial charge in [0, 0.05) is 16.5 Å². The number of nitrogens with one attached hydrogen (secondary N) is 1. The summed E-state index contributed by atoms with van der Waals surface area (Å²) in [6.45, 7) is 2.44. The fourth-order valence-electron chi connectivity index (χ4n) is 2.42. The van der Waals surface area contributed by atoms with E-state index >= 15 is 0 Å². The molecule has 0 fully saturated rings. The Bertz CT molecular complexity index is 880. The molecule has 2 aromatic rings. The number of aromatic carboxylic acids is 1. The molecule has 10 heteroatoms. The normalized spacial score (nSPS) is 13.1. The Kier molecular flexibility index (Phi) is 5.99. The van der Waals surface area contributed by atoms with E-state index in [9.17, 15) is 14.7 Å². The van der Waals surface area contributed by atoms with Gasteiger partial charge in [-0.25, -0.2) is 9.78 Å². The number of carboxylic acids is 1. The third-order valence-corrected chi connectivity index (χ3v) is 4.33. The van der Waals surface area contributed by atoms with Crippen molar-refractivity contribution >= 4 is 34.6 Å². The average molecular weight is 391 g/mol. The van der Waals surface area contributed by atoms with Crippen molar-refractivity contribution < 1.29 is 28.9 Å². The maximum Gasteiger partial charge on any atom is 0.335 e. The Balaban J connectivity index is 1.71. The first-order valence-electron chi connectivity index (χ1n) is 8.06. The molecule has 0 atom stereocenters. The molecule has 27 heavy (non-hydrogen) atoms. The minimum Gasteiger partial charge on any atom is -0.478 e. The van der Waals surface area contributed by atoms with Crippen LogP contribution in [0.1, 0.15) is 34.1 Å². The van der Waals surface area contributed by atoms with E-state index in [1.807, 2.05) is 0 Å². The summed E-state index contributed by atoms with van der Waals surface area (Å²) in [5.74, 6) is -0.845. The molecule has 0 spiro atoms. The first kappa shape index (κ1) is 18.8. The van der Waals surface area contributed by atoms with Gasteiger partial charge in [0.2, 0.25) is 5.13 Å². The summed E-state index contributed by atoms with van der Waals surface area (Å²) >= 11 is 1.29. The smallest absolute Gasteiger partial charge is 0.335 e. The number of hydrazone groups is 1. The summed E-state index contributed by atoms with van der Waals surface area (Å²) in [4.78, 5) is 27.0. The molecule has 0 amide bonds. The van der Waals surface area contributed by atoms with Crippen LogP contribution in [0.4, 0.5) is 5.13 Å². The molecule has 0 bridgehead atoms. The van der Waals surface area contributed by atoms with Gasteiger partial charge in [0.25, 0.3) is 0 Å². The minimum atomic E-state index is -1.05. The van der Waals surface area contributed by atoms with Crippen molar-refractivity contribution in [2.75, 3.05) is 18.8 Å². The molecule has 1 aliphatic rings. The number of nitrogens with zero attached hydrogens (tertiary/aromatic N) is 2. The second kappa shape index (κ2) is 8.60. The SMILES string of the molecule is CCOC(=O)Cc1csc(NN=Cc2cc(C(=O)O)cc3c2OCOC3)n1. The van der Waals surface area contributed by atoms with Gasteiger partial charge in [-0.1, -0.05) is 0 Å². The summed E-state index contributed by atoms with van der Waals surface area (Å²) in [6.07, 6.45) is 1.56. The third-order valence-electron chi connectivity index (χ3n) is 3.53. The molecular formula is C17H17N3O6S. The monoisotopic (exact) mass is 391 g/mol. The van der Waals surface area contributed by atoms with Gasteiger partial charge < -0.3 is 19.3 Å². The molecule has 2 heterocycles. The number of carboxylic acid groups (broad SMARTS) is 1. The lowest BCUT2D eigenvalue weighted by atomic mass is 10.0. The standard InChI is InChI=1S/C17H17N3O6S/c1-2-25-14(21)5-13-8-27-17(19-13)20-18-6-11-3-10(16(22)23)4-12-7-24-9-26-15(11)12/h3-4,6,8H,2,5,7,9H2,1H3,(H,19,20)(H,22,23). The van der Waals surface area contributed by atoms with E-state index in [4.69, 9.17) is 14.2 Å². The number of aromatic nitrogens is 1. The fourth-order valence-corrected chi connectivity index (χ4v) is 3.08. The lowest BCUT2D eigenvalue weighted by Gasteiger charge is -2.19. The van der Waals surface area contributed by atoms with Crippen LogP contribution in [0.15, 0.2) is 22.6 Å².